The first kappa shape index (κ1) is 12.2. The smallest absolute Gasteiger partial charge is 0.345 e. The Morgan fingerprint density at radius 1 is 1.37 bits per heavy atom. The highest BCUT2D eigenvalue weighted by molar-refractivity contribution is 7.17. The van der Waals surface area contributed by atoms with E-state index in [2.05, 4.69) is 26.0 Å². The summed E-state index contributed by atoms with van der Waals surface area (Å²) >= 11 is 1.33. The first-order chi connectivity index (χ1) is 9.06. The molecule has 0 atom stereocenters. The molecule has 2 heterocycles. The van der Waals surface area contributed by atoms with E-state index in [0.717, 1.165) is 21.8 Å². The zero-order chi connectivity index (χ0) is 13.6. The van der Waals surface area contributed by atoms with Crippen molar-refractivity contribution in [1.29, 1.82) is 0 Å². The Morgan fingerprint density at radius 2 is 2.16 bits per heavy atom. The molecule has 2 aromatic rings. The summed E-state index contributed by atoms with van der Waals surface area (Å²) in [6, 6.07) is 7.88. The van der Waals surface area contributed by atoms with E-state index in [1.807, 2.05) is 6.07 Å². The Kier molecular flexibility index (Phi) is 2.82. The van der Waals surface area contributed by atoms with Gasteiger partial charge in [0, 0.05) is 16.0 Å². The minimum absolute atomic E-state index is 0.372. The molecule has 1 aliphatic rings. The number of rotatable bonds is 2. The minimum atomic E-state index is -0.874. The molecule has 0 fully saturated rings. The highest BCUT2D eigenvalue weighted by Gasteiger charge is 2.23. The van der Waals surface area contributed by atoms with Gasteiger partial charge in [-0.15, -0.1) is 11.3 Å². The highest BCUT2D eigenvalue weighted by Crippen LogP contribution is 2.43. The summed E-state index contributed by atoms with van der Waals surface area (Å²) in [7, 11) is 0. The van der Waals surface area contributed by atoms with Crippen LogP contribution in [-0.2, 0) is 6.61 Å². The Morgan fingerprint density at radius 3 is 2.84 bits per heavy atom. The third-order valence-corrected chi connectivity index (χ3v) is 4.52. The number of fused-ring (bicyclic) bond motifs is 3. The van der Waals surface area contributed by atoms with Crippen LogP contribution in [0.3, 0.4) is 0 Å². The predicted molar refractivity (Wildman–Crippen MR) is 75.1 cm³/mol. The Hall–Kier alpha value is -1.81. The van der Waals surface area contributed by atoms with Gasteiger partial charge < -0.3 is 9.84 Å². The molecule has 3 rings (SSSR count). The van der Waals surface area contributed by atoms with Crippen molar-refractivity contribution in [2.45, 2.75) is 26.4 Å². The molecule has 0 saturated carbocycles. The van der Waals surface area contributed by atoms with E-state index in [-0.39, 0.29) is 0 Å². The van der Waals surface area contributed by atoms with Crippen molar-refractivity contribution < 1.29 is 14.6 Å². The van der Waals surface area contributed by atoms with Crippen molar-refractivity contribution in [2.24, 2.45) is 0 Å². The van der Waals surface area contributed by atoms with Gasteiger partial charge in [0.15, 0.2) is 0 Å². The summed E-state index contributed by atoms with van der Waals surface area (Å²) in [6.07, 6.45) is 0. The largest absolute Gasteiger partial charge is 0.488 e. The molecule has 4 heteroatoms. The van der Waals surface area contributed by atoms with Gasteiger partial charge >= 0.3 is 5.97 Å². The first-order valence-electron chi connectivity index (χ1n) is 6.19. The molecule has 1 aromatic carbocycles. The van der Waals surface area contributed by atoms with Crippen molar-refractivity contribution >= 4 is 17.3 Å². The molecule has 0 radical (unpaired) electrons. The van der Waals surface area contributed by atoms with Crippen LogP contribution < -0.4 is 4.74 Å². The zero-order valence-electron chi connectivity index (χ0n) is 10.8. The molecule has 0 aliphatic carbocycles. The van der Waals surface area contributed by atoms with E-state index in [1.165, 1.54) is 16.9 Å². The quantitative estimate of drug-likeness (QED) is 0.895. The average Bonchev–Trinajstić information content (AvgIpc) is 2.82. The fraction of sp³-hybridized carbons (Fsp3) is 0.267. The maximum atomic E-state index is 11.1. The topological polar surface area (TPSA) is 46.5 Å². The van der Waals surface area contributed by atoms with Crippen molar-refractivity contribution in [2.75, 3.05) is 0 Å². The maximum Gasteiger partial charge on any atom is 0.345 e. The zero-order valence-corrected chi connectivity index (χ0v) is 11.6. The Labute approximate surface area is 115 Å². The lowest BCUT2D eigenvalue weighted by Crippen LogP contribution is -2.03. The molecule has 0 saturated heterocycles. The second-order valence-electron chi connectivity index (χ2n) is 4.97. The molecule has 0 amide bonds. The summed E-state index contributed by atoms with van der Waals surface area (Å²) in [4.78, 5) is 12.5. The number of aromatic carboxylic acids is 1. The maximum absolute atomic E-state index is 11.1. The number of ether oxygens (including phenoxy) is 1. The number of thiophene rings is 1. The van der Waals surface area contributed by atoms with Gasteiger partial charge in [-0.2, -0.15) is 0 Å². The standard InChI is InChI=1S/C15H14O3S/c1-8(2)9-3-4-12-11(5-9)14-10(7-18-12)6-13(19-14)15(16)17/h3-6,8H,7H2,1-2H3,(H,16,17). The van der Waals surface area contributed by atoms with Crippen molar-refractivity contribution in [3.8, 4) is 16.2 Å². The lowest BCUT2D eigenvalue weighted by molar-refractivity contribution is 0.0702. The van der Waals surface area contributed by atoms with Gasteiger partial charge in [0.2, 0.25) is 0 Å². The van der Waals surface area contributed by atoms with E-state index in [9.17, 15) is 4.79 Å². The molecule has 98 valence electrons. The molecule has 1 aliphatic heterocycles. The van der Waals surface area contributed by atoms with Crippen LogP contribution in [-0.4, -0.2) is 11.1 Å². The molecule has 0 spiro atoms. The summed E-state index contributed by atoms with van der Waals surface area (Å²) in [5.41, 5.74) is 3.22. The molecule has 0 unspecified atom stereocenters. The van der Waals surface area contributed by atoms with Crippen LogP contribution in [0.1, 0.15) is 40.6 Å². The SMILES string of the molecule is CC(C)c1ccc2c(c1)-c1sc(C(=O)O)cc1CO2. The number of hydrogen-bond acceptors (Lipinski definition) is 3. The van der Waals surface area contributed by atoms with E-state index >= 15 is 0 Å². The highest BCUT2D eigenvalue weighted by atomic mass is 32.1. The van der Waals surface area contributed by atoms with Gasteiger partial charge in [0.05, 0.1) is 0 Å². The van der Waals surface area contributed by atoms with E-state index in [4.69, 9.17) is 9.84 Å². The van der Waals surface area contributed by atoms with E-state index in [1.54, 1.807) is 6.07 Å². The molecule has 0 bridgehead atoms. The van der Waals surface area contributed by atoms with Crippen LogP contribution >= 0.6 is 11.3 Å². The molecule has 3 nitrogen and oxygen atoms in total. The van der Waals surface area contributed by atoms with Crippen LogP contribution in [0.25, 0.3) is 10.4 Å². The number of carbonyl (C=O) groups is 1. The Balaban J connectivity index is 2.16. The number of carboxylic acid groups (broad SMARTS) is 1. The summed E-state index contributed by atoms with van der Waals surface area (Å²) in [6.45, 7) is 4.74. The van der Waals surface area contributed by atoms with Gasteiger partial charge in [-0.05, 0) is 29.7 Å². The number of hydrogen-bond donors (Lipinski definition) is 1. The molecule has 19 heavy (non-hydrogen) atoms. The van der Waals surface area contributed by atoms with Crippen LogP contribution in [0.2, 0.25) is 0 Å². The van der Waals surface area contributed by atoms with Crippen molar-refractivity contribution in [1.82, 2.24) is 0 Å². The summed E-state index contributed by atoms with van der Waals surface area (Å²) in [5, 5.41) is 9.09. The van der Waals surface area contributed by atoms with E-state index in [0.29, 0.717) is 17.4 Å². The van der Waals surface area contributed by atoms with Gasteiger partial charge in [-0.25, -0.2) is 4.79 Å². The van der Waals surface area contributed by atoms with Crippen LogP contribution in [0, 0.1) is 0 Å². The van der Waals surface area contributed by atoms with Crippen LogP contribution in [0.4, 0.5) is 0 Å². The van der Waals surface area contributed by atoms with E-state index < -0.39 is 5.97 Å². The van der Waals surface area contributed by atoms with Gasteiger partial charge in [-0.3, -0.25) is 0 Å². The van der Waals surface area contributed by atoms with Crippen LogP contribution in [0.5, 0.6) is 5.75 Å². The fourth-order valence-corrected chi connectivity index (χ4v) is 3.26. The fourth-order valence-electron chi connectivity index (χ4n) is 2.23. The van der Waals surface area contributed by atoms with Gasteiger partial charge in [0.25, 0.3) is 0 Å². The minimum Gasteiger partial charge on any atom is -0.488 e. The summed E-state index contributed by atoms with van der Waals surface area (Å²) < 4.78 is 5.69. The lowest BCUT2D eigenvalue weighted by atomic mass is 9.97. The monoisotopic (exact) mass is 274 g/mol. The predicted octanol–water partition coefficient (Wildman–Crippen LogP) is 4.13. The molecular weight excluding hydrogens is 260 g/mol. The molecule has 1 aromatic heterocycles. The second kappa shape index (κ2) is 4.38. The summed E-state index contributed by atoms with van der Waals surface area (Å²) in [5.74, 6) is 0.409. The molecular formula is C15H14O3S. The third kappa shape index (κ3) is 2.02. The number of benzene rings is 1. The van der Waals surface area contributed by atoms with Crippen molar-refractivity contribution in [3.05, 3.63) is 40.3 Å². The van der Waals surface area contributed by atoms with Crippen molar-refractivity contribution in [3.63, 3.8) is 0 Å². The normalized spacial score (nSPS) is 12.8. The second-order valence-corrected chi connectivity index (χ2v) is 6.02. The van der Waals surface area contributed by atoms with Gasteiger partial charge in [-0.1, -0.05) is 19.9 Å². The van der Waals surface area contributed by atoms with Crippen LogP contribution in [0.15, 0.2) is 24.3 Å². The average molecular weight is 274 g/mol. The Bertz CT molecular complexity index is 655. The lowest BCUT2D eigenvalue weighted by Gasteiger charge is -2.19. The first-order valence-corrected chi connectivity index (χ1v) is 7.01. The third-order valence-electron chi connectivity index (χ3n) is 3.32. The van der Waals surface area contributed by atoms with Gasteiger partial charge in [0.1, 0.15) is 17.2 Å². The number of carboxylic acids is 1. The molecule has 1 N–H and O–H groups in total.